The molecule has 1 aliphatic carbocycles. The van der Waals surface area contributed by atoms with Crippen LogP contribution in [0.1, 0.15) is 71.1 Å². The molecule has 0 aliphatic heterocycles. The van der Waals surface area contributed by atoms with Gasteiger partial charge in [0.1, 0.15) is 17.3 Å². The number of rotatable bonds is 8. The van der Waals surface area contributed by atoms with Gasteiger partial charge in [-0.15, -0.1) is 11.3 Å². The Hall–Kier alpha value is -2.40. The number of aromatic hydroxyl groups is 1. The molecule has 0 radical (unpaired) electrons. The maximum Gasteiger partial charge on any atom is 0.343 e. The molecule has 1 N–H and O–H groups in total. The molecule has 3 aromatic rings. The molecule has 2 heterocycles. The Balaban J connectivity index is 1.66. The Labute approximate surface area is 180 Å². The van der Waals surface area contributed by atoms with E-state index in [4.69, 9.17) is 4.42 Å². The highest BCUT2D eigenvalue weighted by Gasteiger charge is 2.30. The van der Waals surface area contributed by atoms with Crippen molar-refractivity contribution in [2.24, 2.45) is 5.92 Å². The Morgan fingerprint density at radius 2 is 1.93 bits per heavy atom. The molecule has 3 nitrogen and oxygen atoms in total. The van der Waals surface area contributed by atoms with Crippen molar-refractivity contribution < 1.29 is 13.9 Å². The average Bonchev–Trinajstić information content (AvgIpc) is 3.43. The molecular weight excluding hydrogens is 399 g/mol. The van der Waals surface area contributed by atoms with Gasteiger partial charge in [0.15, 0.2) is 0 Å². The van der Waals surface area contributed by atoms with Gasteiger partial charge in [-0.3, -0.25) is 0 Å². The molecule has 1 saturated carbocycles. The first-order valence-corrected chi connectivity index (χ1v) is 11.4. The summed E-state index contributed by atoms with van der Waals surface area (Å²) < 4.78 is 19.1. The highest BCUT2D eigenvalue weighted by molar-refractivity contribution is 7.12. The Bertz CT molecular complexity index is 1060. The molecule has 0 saturated heterocycles. The number of hydrogen-bond donors (Lipinski definition) is 1. The second kappa shape index (κ2) is 8.76. The summed E-state index contributed by atoms with van der Waals surface area (Å²) >= 11 is 1.64. The van der Waals surface area contributed by atoms with Gasteiger partial charge in [0.05, 0.1) is 5.56 Å². The van der Waals surface area contributed by atoms with Crippen LogP contribution in [-0.2, 0) is 6.42 Å². The quantitative estimate of drug-likeness (QED) is 0.446. The fourth-order valence-electron chi connectivity index (χ4n) is 4.18. The standard InChI is InChI=1S/C25H27FO3S/c1-3-20(23-11-4-15(2)30-23)24-21(27)14-22(29-25(24)28)18(12-16-5-6-16)13-17-7-9-19(26)10-8-17/h4,7-11,14,16,18,20,27H,3,5-6,12-13H2,1-2H3. The SMILES string of the molecule is CCC(c1ccc(C)s1)c1c(O)cc(C(Cc2ccc(F)cc2)CC2CC2)oc1=O. The van der Waals surface area contributed by atoms with E-state index in [-0.39, 0.29) is 23.4 Å². The topological polar surface area (TPSA) is 50.4 Å². The van der Waals surface area contributed by atoms with Crippen LogP contribution in [0.4, 0.5) is 4.39 Å². The van der Waals surface area contributed by atoms with Gasteiger partial charge in [-0.2, -0.15) is 0 Å². The van der Waals surface area contributed by atoms with Gasteiger partial charge in [0.2, 0.25) is 0 Å². The third-order valence-electron chi connectivity index (χ3n) is 5.96. The molecule has 1 fully saturated rings. The number of halogens is 1. The highest BCUT2D eigenvalue weighted by Crippen LogP contribution is 2.41. The van der Waals surface area contributed by atoms with Gasteiger partial charge >= 0.3 is 5.63 Å². The maximum atomic E-state index is 13.3. The van der Waals surface area contributed by atoms with Crippen molar-refractivity contribution >= 4 is 11.3 Å². The molecule has 0 spiro atoms. The van der Waals surface area contributed by atoms with Gasteiger partial charge in [0, 0.05) is 27.7 Å². The third kappa shape index (κ3) is 4.67. The molecular formula is C25H27FO3S. The molecule has 0 bridgehead atoms. The Morgan fingerprint density at radius 1 is 1.20 bits per heavy atom. The minimum atomic E-state index is -0.456. The van der Waals surface area contributed by atoms with E-state index in [1.54, 1.807) is 29.5 Å². The summed E-state index contributed by atoms with van der Waals surface area (Å²) in [6.45, 7) is 4.04. The van der Waals surface area contributed by atoms with Crippen LogP contribution in [0.25, 0.3) is 0 Å². The van der Waals surface area contributed by atoms with E-state index in [2.05, 4.69) is 0 Å². The lowest BCUT2D eigenvalue weighted by Crippen LogP contribution is -2.16. The predicted molar refractivity (Wildman–Crippen MR) is 118 cm³/mol. The summed E-state index contributed by atoms with van der Waals surface area (Å²) in [6.07, 6.45) is 4.63. The monoisotopic (exact) mass is 426 g/mol. The van der Waals surface area contributed by atoms with Gasteiger partial charge in [-0.25, -0.2) is 9.18 Å². The third-order valence-corrected chi connectivity index (χ3v) is 7.07. The van der Waals surface area contributed by atoms with E-state index >= 15 is 0 Å². The van der Waals surface area contributed by atoms with Crippen LogP contribution in [0.2, 0.25) is 0 Å². The average molecular weight is 427 g/mol. The van der Waals surface area contributed by atoms with Crippen LogP contribution >= 0.6 is 11.3 Å². The fraction of sp³-hybridized carbons (Fsp3) is 0.400. The number of aryl methyl sites for hydroxylation is 1. The van der Waals surface area contributed by atoms with Crippen molar-refractivity contribution in [1.29, 1.82) is 0 Å². The van der Waals surface area contributed by atoms with Crippen LogP contribution in [0.3, 0.4) is 0 Å². The normalized spacial score (nSPS) is 15.8. The highest BCUT2D eigenvalue weighted by atomic mass is 32.1. The number of thiophene rings is 1. The molecule has 0 amide bonds. The van der Waals surface area contributed by atoms with E-state index in [0.29, 0.717) is 30.1 Å². The molecule has 1 aliphatic rings. The molecule has 30 heavy (non-hydrogen) atoms. The number of benzene rings is 1. The van der Waals surface area contributed by atoms with Crippen LogP contribution in [-0.4, -0.2) is 5.11 Å². The molecule has 2 unspecified atom stereocenters. The second-order valence-corrected chi connectivity index (χ2v) is 9.67. The molecule has 2 atom stereocenters. The summed E-state index contributed by atoms with van der Waals surface area (Å²) in [5.41, 5.74) is 0.881. The minimum absolute atomic E-state index is 0.0130. The molecule has 5 heteroatoms. The molecule has 1 aromatic carbocycles. The van der Waals surface area contributed by atoms with Gasteiger partial charge < -0.3 is 9.52 Å². The van der Waals surface area contributed by atoms with Crippen molar-refractivity contribution in [3.8, 4) is 5.75 Å². The van der Waals surface area contributed by atoms with Crippen molar-refractivity contribution in [2.75, 3.05) is 0 Å². The largest absolute Gasteiger partial charge is 0.507 e. The van der Waals surface area contributed by atoms with E-state index in [1.807, 2.05) is 26.0 Å². The molecule has 4 rings (SSSR count). The van der Waals surface area contributed by atoms with E-state index in [9.17, 15) is 14.3 Å². The summed E-state index contributed by atoms with van der Waals surface area (Å²) in [5, 5.41) is 10.8. The van der Waals surface area contributed by atoms with Crippen molar-refractivity contribution in [3.05, 3.63) is 85.3 Å². The predicted octanol–water partition coefficient (Wildman–Crippen LogP) is 6.52. The summed E-state index contributed by atoms with van der Waals surface area (Å²) in [5.74, 6) is 0.710. The van der Waals surface area contributed by atoms with Crippen molar-refractivity contribution in [1.82, 2.24) is 0 Å². The Kier molecular flexibility index (Phi) is 6.09. The zero-order valence-electron chi connectivity index (χ0n) is 17.4. The van der Waals surface area contributed by atoms with Gasteiger partial charge in [-0.1, -0.05) is 31.9 Å². The lowest BCUT2D eigenvalue weighted by molar-refractivity contribution is 0.372. The summed E-state index contributed by atoms with van der Waals surface area (Å²) in [7, 11) is 0. The summed E-state index contributed by atoms with van der Waals surface area (Å²) in [6, 6.07) is 12.1. The summed E-state index contributed by atoms with van der Waals surface area (Å²) in [4.78, 5) is 15.2. The fourth-order valence-corrected chi connectivity index (χ4v) is 5.25. The van der Waals surface area contributed by atoms with E-state index in [0.717, 1.165) is 16.9 Å². The first kappa shape index (κ1) is 20.9. The van der Waals surface area contributed by atoms with Gasteiger partial charge in [-0.05, 0) is 61.9 Å². The number of hydrogen-bond acceptors (Lipinski definition) is 4. The lowest BCUT2D eigenvalue weighted by atomic mass is 9.90. The van der Waals surface area contributed by atoms with Crippen LogP contribution < -0.4 is 5.63 Å². The molecule has 2 aromatic heterocycles. The van der Waals surface area contributed by atoms with Crippen LogP contribution in [0, 0.1) is 18.7 Å². The molecule has 158 valence electrons. The van der Waals surface area contributed by atoms with Crippen molar-refractivity contribution in [2.45, 2.75) is 57.8 Å². The minimum Gasteiger partial charge on any atom is -0.507 e. The van der Waals surface area contributed by atoms with E-state index in [1.165, 1.54) is 29.9 Å². The maximum absolute atomic E-state index is 13.3. The van der Waals surface area contributed by atoms with Crippen molar-refractivity contribution in [3.63, 3.8) is 0 Å². The zero-order valence-corrected chi connectivity index (χ0v) is 18.2. The second-order valence-electron chi connectivity index (χ2n) is 8.35. The smallest absolute Gasteiger partial charge is 0.343 e. The van der Waals surface area contributed by atoms with Crippen LogP contribution in [0.5, 0.6) is 5.75 Å². The first-order chi connectivity index (χ1) is 14.4. The zero-order chi connectivity index (χ0) is 21.3. The van der Waals surface area contributed by atoms with Crippen LogP contribution in [0.15, 0.2) is 51.7 Å². The first-order valence-electron chi connectivity index (χ1n) is 10.6. The van der Waals surface area contributed by atoms with E-state index < -0.39 is 5.63 Å². The lowest BCUT2D eigenvalue weighted by Gasteiger charge is -2.19. The Morgan fingerprint density at radius 3 is 2.50 bits per heavy atom. The van der Waals surface area contributed by atoms with Gasteiger partial charge in [0.25, 0.3) is 0 Å².